The molecule has 3 atom stereocenters. The minimum atomic E-state index is -1.04. The standard InChI is InChI=1S/C25H28N4O4/c1-14-10-11-19(12-15(14)2)29-24(31)22(16(3)28-29)27-26-21-9-5-8-20(23(21)30)17-6-4-7-18(13-17)25(32)33/h4-9,13-15,19,30-31H,10-12H2,1-3H3,(H,32,33). The number of para-hydroxylation sites is 1. The average molecular weight is 449 g/mol. The lowest BCUT2D eigenvalue weighted by atomic mass is 9.79. The van der Waals surface area contributed by atoms with Crippen LogP contribution in [0.25, 0.3) is 11.1 Å². The molecule has 2 aromatic carbocycles. The van der Waals surface area contributed by atoms with Crippen LogP contribution < -0.4 is 0 Å². The molecule has 3 aromatic rings. The van der Waals surface area contributed by atoms with Gasteiger partial charge in [0.1, 0.15) is 5.69 Å². The van der Waals surface area contributed by atoms with Crippen molar-refractivity contribution in [3.05, 3.63) is 53.7 Å². The van der Waals surface area contributed by atoms with Crippen molar-refractivity contribution in [2.45, 2.75) is 46.1 Å². The van der Waals surface area contributed by atoms with Crippen molar-refractivity contribution in [1.29, 1.82) is 0 Å². The fraction of sp³-hybridized carbons (Fsp3) is 0.360. The maximum absolute atomic E-state index is 11.3. The topological polar surface area (TPSA) is 120 Å². The molecule has 0 aliphatic heterocycles. The van der Waals surface area contributed by atoms with Gasteiger partial charge in [-0.25, -0.2) is 9.48 Å². The zero-order chi connectivity index (χ0) is 23.7. The second kappa shape index (κ2) is 9.05. The van der Waals surface area contributed by atoms with Crippen molar-refractivity contribution in [2.75, 3.05) is 0 Å². The lowest BCUT2D eigenvalue weighted by molar-refractivity contribution is 0.0697. The number of carbonyl (C=O) groups is 1. The number of hydrogen-bond acceptors (Lipinski definition) is 6. The van der Waals surface area contributed by atoms with Gasteiger partial charge in [-0.05, 0) is 61.8 Å². The Morgan fingerprint density at radius 2 is 1.82 bits per heavy atom. The van der Waals surface area contributed by atoms with Gasteiger partial charge in [-0.2, -0.15) is 5.10 Å². The molecule has 1 saturated carbocycles. The van der Waals surface area contributed by atoms with Gasteiger partial charge >= 0.3 is 5.97 Å². The van der Waals surface area contributed by atoms with Crippen LogP contribution in [0.3, 0.4) is 0 Å². The van der Waals surface area contributed by atoms with E-state index in [-0.39, 0.29) is 34.6 Å². The smallest absolute Gasteiger partial charge is 0.335 e. The summed E-state index contributed by atoms with van der Waals surface area (Å²) < 4.78 is 1.65. The van der Waals surface area contributed by atoms with Gasteiger partial charge in [0.05, 0.1) is 17.3 Å². The first-order valence-corrected chi connectivity index (χ1v) is 11.1. The van der Waals surface area contributed by atoms with E-state index in [4.69, 9.17) is 0 Å². The molecule has 1 fully saturated rings. The van der Waals surface area contributed by atoms with Gasteiger partial charge in [-0.15, -0.1) is 10.2 Å². The summed E-state index contributed by atoms with van der Waals surface area (Å²) in [4.78, 5) is 11.3. The fourth-order valence-electron chi connectivity index (χ4n) is 4.41. The SMILES string of the molecule is Cc1nn(C2CCC(C)C(C)C2)c(O)c1N=Nc1cccc(-c2cccc(C(=O)O)c2)c1O. The Balaban J connectivity index is 1.63. The molecule has 1 aliphatic carbocycles. The molecule has 3 unspecified atom stereocenters. The Kier molecular flexibility index (Phi) is 6.18. The van der Waals surface area contributed by atoms with Gasteiger partial charge in [0.15, 0.2) is 11.4 Å². The molecule has 0 spiro atoms. The summed E-state index contributed by atoms with van der Waals surface area (Å²) in [6.45, 7) is 6.26. The number of rotatable bonds is 5. The Bertz CT molecular complexity index is 1220. The molecule has 33 heavy (non-hydrogen) atoms. The van der Waals surface area contributed by atoms with Crippen LogP contribution in [0.5, 0.6) is 11.6 Å². The van der Waals surface area contributed by atoms with E-state index in [0.29, 0.717) is 28.7 Å². The largest absolute Gasteiger partial charge is 0.505 e. The van der Waals surface area contributed by atoms with Crippen LogP contribution in [0, 0.1) is 18.8 Å². The molecule has 8 heteroatoms. The summed E-state index contributed by atoms with van der Waals surface area (Å²) in [7, 11) is 0. The van der Waals surface area contributed by atoms with Crippen molar-refractivity contribution < 1.29 is 20.1 Å². The van der Waals surface area contributed by atoms with E-state index >= 15 is 0 Å². The van der Waals surface area contributed by atoms with Crippen LogP contribution in [0.2, 0.25) is 0 Å². The third-order valence-corrected chi connectivity index (χ3v) is 6.64. The second-order valence-corrected chi connectivity index (χ2v) is 8.88. The van der Waals surface area contributed by atoms with E-state index in [1.165, 1.54) is 12.1 Å². The summed E-state index contributed by atoms with van der Waals surface area (Å²) in [6.07, 6.45) is 2.99. The Hall–Kier alpha value is -3.68. The van der Waals surface area contributed by atoms with Crippen LogP contribution in [0.1, 0.15) is 55.2 Å². The number of azo groups is 1. The highest BCUT2D eigenvalue weighted by atomic mass is 16.4. The van der Waals surface area contributed by atoms with E-state index in [9.17, 15) is 20.1 Å². The number of phenolic OH excluding ortho intramolecular Hbond substituents is 1. The number of aromatic carboxylic acids is 1. The van der Waals surface area contributed by atoms with E-state index in [1.807, 2.05) is 0 Å². The first-order valence-electron chi connectivity index (χ1n) is 11.1. The van der Waals surface area contributed by atoms with Gasteiger partial charge in [-0.3, -0.25) is 0 Å². The summed E-state index contributed by atoms with van der Waals surface area (Å²) in [5, 5.41) is 43.7. The number of nitrogens with zero attached hydrogens (tertiary/aromatic N) is 4. The van der Waals surface area contributed by atoms with Crippen LogP contribution >= 0.6 is 0 Å². The summed E-state index contributed by atoms with van der Waals surface area (Å²) in [5.41, 5.74) is 2.16. The van der Waals surface area contributed by atoms with E-state index < -0.39 is 5.97 Å². The zero-order valence-corrected chi connectivity index (χ0v) is 18.9. The van der Waals surface area contributed by atoms with Crippen molar-refractivity contribution in [2.24, 2.45) is 22.1 Å². The van der Waals surface area contributed by atoms with Crippen LogP contribution in [0.4, 0.5) is 11.4 Å². The molecule has 0 saturated heterocycles. The predicted octanol–water partition coefficient (Wildman–Crippen LogP) is 6.38. The lowest BCUT2D eigenvalue weighted by Gasteiger charge is -2.32. The van der Waals surface area contributed by atoms with Crippen molar-refractivity contribution in [3.8, 4) is 22.8 Å². The zero-order valence-electron chi connectivity index (χ0n) is 18.9. The molecule has 1 aromatic heterocycles. The molecule has 4 rings (SSSR count). The molecule has 0 radical (unpaired) electrons. The van der Waals surface area contributed by atoms with Crippen LogP contribution in [0.15, 0.2) is 52.7 Å². The number of carboxylic acids is 1. The van der Waals surface area contributed by atoms with Gasteiger partial charge in [0, 0.05) is 5.56 Å². The van der Waals surface area contributed by atoms with Crippen molar-refractivity contribution >= 4 is 17.3 Å². The molecular formula is C25H28N4O4. The van der Waals surface area contributed by atoms with Crippen LogP contribution in [-0.2, 0) is 0 Å². The summed E-state index contributed by atoms with van der Waals surface area (Å²) in [6, 6.07) is 11.4. The molecule has 8 nitrogen and oxygen atoms in total. The number of phenols is 1. The molecule has 1 aliphatic rings. The fourth-order valence-corrected chi connectivity index (χ4v) is 4.41. The van der Waals surface area contributed by atoms with Crippen LogP contribution in [-0.4, -0.2) is 31.1 Å². The second-order valence-electron chi connectivity index (χ2n) is 8.88. The van der Waals surface area contributed by atoms with E-state index in [0.717, 1.165) is 19.3 Å². The summed E-state index contributed by atoms with van der Waals surface area (Å²) in [5.74, 6) is 0.0240. The number of benzene rings is 2. The molecule has 3 N–H and O–H groups in total. The highest BCUT2D eigenvalue weighted by Gasteiger charge is 2.29. The highest BCUT2D eigenvalue weighted by Crippen LogP contribution is 2.42. The third-order valence-electron chi connectivity index (χ3n) is 6.64. The average Bonchev–Trinajstić information content (AvgIpc) is 3.08. The van der Waals surface area contributed by atoms with Gasteiger partial charge < -0.3 is 15.3 Å². The maximum atomic E-state index is 11.3. The molecule has 0 amide bonds. The first-order chi connectivity index (χ1) is 15.8. The summed E-state index contributed by atoms with van der Waals surface area (Å²) >= 11 is 0. The minimum absolute atomic E-state index is 0.0205. The quantitative estimate of drug-likeness (QED) is 0.391. The highest BCUT2D eigenvalue weighted by molar-refractivity contribution is 5.90. The number of aryl methyl sites for hydroxylation is 1. The number of hydrogen-bond donors (Lipinski definition) is 3. The van der Waals surface area contributed by atoms with E-state index in [2.05, 4.69) is 29.2 Å². The van der Waals surface area contributed by atoms with Crippen molar-refractivity contribution in [1.82, 2.24) is 9.78 Å². The van der Waals surface area contributed by atoms with Gasteiger partial charge in [0.25, 0.3) is 0 Å². The molecule has 172 valence electrons. The van der Waals surface area contributed by atoms with E-state index in [1.54, 1.807) is 41.9 Å². The number of aromatic nitrogens is 2. The van der Waals surface area contributed by atoms with Gasteiger partial charge in [0.2, 0.25) is 5.88 Å². The van der Waals surface area contributed by atoms with Crippen molar-refractivity contribution in [3.63, 3.8) is 0 Å². The lowest BCUT2D eigenvalue weighted by Crippen LogP contribution is -2.23. The predicted molar refractivity (Wildman–Crippen MR) is 125 cm³/mol. The normalized spacial score (nSPS) is 20.9. The Morgan fingerprint density at radius 1 is 1.06 bits per heavy atom. The molecule has 1 heterocycles. The first kappa shape index (κ1) is 22.5. The monoisotopic (exact) mass is 448 g/mol. The number of carboxylic acid groups (broad SMARTS) is 1. The molecular weight excluding hydrogens is 420 g/mol. The number of aromatic hydroxyl groups is 2. The maximum Gasteiger partial charge on any atom is 0.335 e. The third kappa shape index (κ3) is 4.46. The van der Waals surface area contributed by atoms with Gasteiger partial charge in [-0.1, -0.05) is 38.1 Å². The molecule has 0 bridgehead atoms. The Morgan fingerprint density at radius 3 is 2.55 bits per heavy atom. The Labute approximate surface area is 192 Å². The minimum Gasteiger partial charge on any atom is -0.505 e.